The van der Waals surface area contributed by atoms with Crippen molar-refractivity contribution in [3.8, 4) is 0 Å². The second kappa shape index (κ2) is 5.48. The zero-order valence-corrected chi connectivity index (χ0v) is 10.7. The number of benzene rings is 1. The highest BCUT2D eigenvalue weighted by atomic mass is 19.1. The lowest BCUT2D eigenvalue weighted by molar-refractivity contribution is 0.0584. The second-order valence-corrected chi connectivity index (χ2v) is 4.86. The van der Waals surface area contributed by atoms with Crippen LogP contribution in [-0.2, 0) is 0 Å². The molecule has 1 saturated carbocycles. The average molecular weight is 250 g/mol. The number of hydrogen-bond donors (Lipinski definition) is 1. The number of hydrogen-bond acceptors (Lipinski definition) is 2. The Morgan fingerprint density at radius 3 is 2.78 bits per heavy atom. The Bertz CT molecular complexity index is 443. The van der Waals surface area contributed by atoms with Crippen molar-refractivity contribution in [2.75, 3.05) is 13.1 Å². The van der Waals surface area contributed by atoms with E-state index in [2.05, 4.69) is 0 Å². The molecule has 0 aromatic heterocycles. The molecule has 0 aliphatic heterocycles. The highest BCUT2D eigenvalue weighted by Gasteiger charge is 2.29. The van der Waals surface area contributed by atoms with Crippen LogP contribution in [0.2, 0.25) is 0 Å². The molecule has 0 saturated heterocycles. The van der Waals surface area contributed by atoms with Gasteiger partial charge in [0, 0.05) is 19.1 Å². The van der Waals surface area contributed by atoms with E-state index in [9.17, 15) is 9.18 Å². The standard InChI is InChI=1S/C14H19FN2O/c1-10-5-6-13(15)12(9-10)14(18)17(8-7-16)11-3-2-4-11/h5-6,9,11H,2-4,7-8,16H2,1H3. The van der Waals surface area contributed by atoms with Gasteiger partial charge in [-0.1, -0.05) is 11.6 Å². The van der Waals surface area contributed by atoms with Crippen LogP contribution in [0.3, 0.4) is 0 Å². The van der Waals surface area contributed by atoms with Crippen LogP contribution in [0.4, 0.5) is 4.39 Å². The average Bonchev–Trinajstić information content (AvgIpc) is 2.28. The molecule has 0 atom stereocenters. The molecule has 1 aromatic carbocycles. The Balaban J connectivity index is 2.23. The zero-order valence-electron chi connectivity index (χ0n) is 10.7. The number of carbonyl (C=O) groups is 1. The first-order valence-corrected chi connectivity index (χ1v) is 6.40. The predicted molar refractivity (Wildman–Crippen MR) is 68.9 cm³/mol. The quantitative estimate of drug-likeness (QED) is 0.889. The fraction of sp³-hybridized carbons (Fsp3) is 0.500. The van der Waals surface area contributed by atoms with E-state index in [0.29, 0.717) is 13.1 Å². The lowest BCUT2D eigenvalue weighted by Gasteiger charge is -2.37. The fourth-order valence-electron chi connectivity index (χ4n) is 2.25. The van der Waals surface area contributed by atoms with Crippen LogP contribution in [0.5, 0.6) is 0 Å². The highest BCUT2D eigenvalue weighted by Crippen LogP contribution is 2.26. The predicted octanol–water partition coefficient (Wildman–Crippen LogP) is 2.09. The van der Waals surface area contributed by atoms with Crippen molar-refractivity contribution >= 4 is 5.91 Å². The molecule has 0 radical (unpaired) electrons. The van der Waals surface area contributed by atoms with Gasteiger partial charge in [0.25, 0.3) is 5.91 Å². The van der Waals surface area contributed by atoms with Crippen molar-refractivity contribution < 1.29 is 9.18 Å². The van der Waals surface area contributed by atoms with Crippen LogP contribution in [-0.4, -0.2) is 29.9 Å². The van der Waals surface area contributed by atoms with Crippen molar-refractivity contribution in [2.45, 2.75) is 32.2 Å². The maximum absolute atomic E-state index is 13.7. The van der Waals surface area contributed by atoms with Crippen molar-refractivity contribution in [3.63, 3.8) is 0 Å². The molecule has 1 amide bonds. The highest BCUT2D eigenvalue weighted by molar-refractivity contribution is 5.95. The Hall–Kier alpha value is -1.42. The molecule has 0 spiro atoms. The van der Waals surface area contributed by atoms with Gasteiger partial charge in [-0.05, 0) is 38.3 Å². The lowest BCUT2D eigenvalue weighted by atomic mass is 9.91. The SMILES string of the molecule is Cc1ccc(F)c(C(=O)N(CCN)C2CCC2)c1. The smallest absolute Gasteiger partial charge is 0.257 e. The van der Waals surface area contributed by atoms with Gasteiger partial charge in [0.2, 0.25) is 0 Å². The van der Waals surface area contributed by atoms with Crippen molar-refractivity contribution in [3.05, 3.63) is 35.1 Å². The zero-order chi connectivity index (χ0) is 13.1. The molecule has 18 heavy (non-hydrogen) atoms. The normalized spacial score (nSPS) is 15.3. The molecule has 1 aliphatic carbocycles. The first-order chi connectivity index (χ1) is 8.63. The van der Waals surface area contributed by atoms with E-state index in [1.54, 1.807) is 17.0 Å². The van der Waals surface area contributed by atoms with Gasteiger partial charge in [-0.25, -0.2) is 4.39 Å². The van der Waals surface area contributed by atoms with Gasteiger partial charge in [0.1, 0.15) is 5.82 Å². The molecule has 4 heteroatoms. The Labute approximate surface area is 107 Å². The number of rotatable bonds is 4. The summed E-state index contributed by atoms with van der Waals surface area (Å²) < 4.78 is 13.7. The van der Waals surface area contributed by atoms with E-state index in [4.69, 9.17) is 5.73 Å². The van der Waals surface area contributed by atoms with Crippen LogP contribution in [0.1, 0.15) is 35.2 Å². The largest absolute Gasteiger partial charge is 0.334 e. The summed E-state index contributed by atoms with van der Waals surface area (Å²) in [7, 11) is 0. The van der Waals surface area contributed by atoms with Crippen LogP contribution < -0.4 is 5.73 Å². The van der Waals surface area contributed by atoms with E-state index in [-0.39, 0.29) is 17.5 Å². The maximum atomic E-state index is 13.7. The Kier molecular flexibility index (Phi) is 3.97. The van der Waals surface area contributed by atoms with Crippen LogP contribution in [0, 0.1) is 12.7 Å². The minimum absolute atomic E-state index is 0.162. The topological polar surface area (TPSA) is 46.3 Å². The summed E-state index contributed by atoms with van der Waals surface area (Å²) in [6, 6.07) is 4.87. The van der Waals surface area contributed by atoms with Gasteiger partial charge in [0.15, 0.2) is 0 Å². The van der Waals surface area contributed by atoms with Gasteiger partial charge < -0.3 is 10.6 Å². The first kappa shape index (κ1) is 13.0. The Morgan fingerprint density at radius 1 is 1.50 bits per heavy atom. The second-order valence-electron chi connectivity index (χ2n) is 4.86. The molecular weight excluding hydrogens is 231 g/mol. The lowest BCUT2D eigenvalue weighted by Crippen LogP contribution is -2.46. The maximum Gasteiger partial charge on any atom is 0.257 e. The molecule has 0 bridgehead atoms. The van der Waals surface area contributed by atoms with Crippen molar-refractivity contribution in [1.29, 1.82) is 0 Å². The summed E-state index contributed by atoms with van der Waals surface area (Å²) in [6.07, 6.45) is 3.13. The van der Waals surface area contributed by atoms with Crippen LogP contribution in [0.25, 0.3) is 0 Å². The summed E-state index contributed by atoms with van der Waals surface area (Å²) >= 11 is 0. The molecule has 0 unspecified atom stereocenters. The third-order valence-corrected chi connectivity index (χ3v) is 3.50. The molecule has 2 rings (SSSR count). The number of nitrogens with two attached hydrogens (primary N) is 1. The summed E-state index contributed by atoms with van der Waals surface area (Å²) in [5.74, 6) is -0.682. The minimum Gasteiger partial charge on any atom is -0.334 e. The van der Waals surface area contributed by atoms with Crippen LogP contribution >= 0.6 is 0 Å². The van der Waals surface area contributed by atoms with Crippen LogP contribution in [0.15, 0.2) is 18.2 Å². The molecule has 2 N–H and O–H groups in total. The first-order valence-electron chi connectivity index (χ1n) is 6.40. The van der Waals surface area contributed by atoms with Gasteiger partial charge in [-0.2, -0.15) is 0 Å². The van der Waals surface area contributed by atoms with Gasteiger partial charge in [-0.15, -0.1) is 0 Å². The molecular formula is C14H19FN2O. The minimum atomic E-state index is -0.452. The molecule has 1 fully saturated rings. The number of aryl methyl sites for hydroxylation is 1. The van der Waals surface area contributed by atoms with Gasteiger partial charge >= 0.3 is 0 Å². The summed E-state index contributed by atoms with van der Waals surface area (Å²) in [5.41, 5.74) is 6.59. The molecule has 1 aliphatic rings. The van der Waals surface area contributed by atoms with E-state index in [1.165, 1.54) is 6.07 Å². The number of carbonyl (C=O) groups excluding carboxylic acids is 1. The fourth-order valence-corrected chi connectivity index (χ4v) is 2.25. The summed E-state index contributed by atoms with van der Waals surface area (Å²) in [5, 5.41) is 0. The molecule has 98 valence electrons. The van der Waals surface area contributed by atoms with E-state index in [1.807, 2.05) is 6.92 Å². The third-order valence-electron chi connectivity index (χ3n) is 3.50. The van der Waals surface area contributed by atoms with Gasteiger partial charge in [0.05, 0.1) is 5.56 Å². The molecule has 3 nitrogen and oxygen atoms in total. The Morgan fingerprint density at radius 2 is 2.22 bits per heavy atom. The summed E-state index contributed by atoms with van der Waals surface area (Å²) in [6.45, 7) is 2.76. The van der Waals surface area contributed by atoms with E-state index < -0.39 is 5.82 Å². The van der Waals surface area contributed by atoms with E-state index >= 15 is 0 Å². The molecule has 0 heterocycles. The van der Waals surface area contributed by atoms with E-state index in [0.717, 1.165) is 24.8 Å². The number of amides is 1. The number of halogens is 1. The third kappa shape index (κ3) is 2.53. The molecule has 1 aromatic rings. The number of nitrogens with zero attached hydrogens (tertiary/aromatic N) is 1. The van der Waals surface area contributed by atoms with Crippen molar-refractivity contribution in [2.24, 2.45) is 5.73 Å². The summed E-state index contributed by atoms with van der Waals surface area (Å²) in [4.78, 5) is 14.1. The van der Waals surface area contributed by atoms with Gasteiger partial charge in [-0.3, -0.25) is 4.79 Å². The monoisotopic (exact) mass is 250 g/mol. The van der Waals surface area contributed by atoms with Crippen molar-refractivity contribution in [1.82, 2.24) is 4.90 Å².